The number of hydrogen-bond acceptors (Lipinski definition) is 5. The minimum atomic E-state index is 0.761. The fourth-order valence-corrected chi connectivity index (χ4v) is 2.41. The SMILES string of the molecule is NCCN1CCN(c2nccs2)CC1. The molecule has 4 nitrogen and oxygen atoms in total. The highest BCUT2D eigenvalue weighted by atomic mass is 32.1. The van der Waals surface area contributed by atoms with Gasteiger partial charge in [-0.1, -0.05) is 0 Å². The third-order valence-electron chi connectivity index (χ3n) is 2.51. The van der Waals surface area contributed by atoms with Crippen LogP contribution in [-0.4, -0.2) is 49.2 Å². The van der Waals surface area contributed by atoms with Crippen molar-refractivity contribution in [2.75, 3.05) is 44.2 Å². The number of hydrogen-bond donors (Lipinski definition) is 1. The van der Waals surface area contributed by atoms with Gasteiger partial charge in [-0.2, -0.15) is 0 Å². The molecule has 0 radical (unpaired) electrons. The van der Waals surface area contributed by atoms with Crippen molar-refractivity contribution in [2.45, 2.75) is 0 Å². The molecule has 0 bridgehead atoms. The zero-order valence-electron chi connectivity index (χ0n) is 8.22. The second-order valence-corrected chi connectivity index (χ2v) is 4.31. The van der Waals surface area contributed by atoms with Crippen LogP contribution in [0.25, 0.3) is 0 Å². The van der Waals surface area contributed by atoms with E-state index < -0.39 is 0 Å². The molecule has 0 spiro atoms. The molecule has 1 aliphatic heterocycles. The predicted molar refractivity (Wildman–Crippen MR) is 59.8 cm³/mol. The maximum absolute atomic E-state index is 5.52. The summed E-state index contributed by atoms with van der Waals surface area (Å²) < 4.78 is 0. The molecule has 0 atom stereocenters. The molecule has 0 aliphatic carbocycles. The maximum atomic E-state index is 5.52. The van der Waals surface area contributed by atoms with Crippen LogP contribution in [0, 0.1) is 0 Å². The van der Waals surface area contributed by atoms with Gasteiger partial charge < -0.3 is 10.6 Å². The van der Waals surface area contributed by atoms with E-state index in [9.17, 15) is 0 Å². The zero-order valence-corrected chi connectivity index (χ0v) is 9.04. The van der Waals surface area contributed by atoms with Crippen LogP contribution in [0.15, 0.2) is 11.6 Å². The van der Waals surface area contributed by atoms with Gasteiger partial charge in [0, 0.05) is 50.8 Å². The number of nitrogens with two attached hydrogens (primary N) is 1. The van der Waals surface area contributed by atoms with E-state index in [1.54, 1.807) is 11.3 Å². The first-order valence-electron chi connectivity index (χ1n) is 4.97. The van der Waals surface area contributed by atoms with Crippen molar-refractivity contribution < 1.29 is 0 Å². The summed E-state index contributed by atoms with van der Waals surface area (Å²) in [6.07, 6.45) is 1.87. The number of piperazine rings is 1. The van der Waals surface area contributed by atoms with Crippen LogP contribution in [0.3, 0.4) is 0 Å². The number of rotatable bonds is 3. The van der Waals surface area contributed by atoms with Crippen LogP contribution in [0.5, 0.6) is 0 Å². The van der Waals surface area contributed by atoms with Crippen molar-refractivity contribution in [1.29, 1.82) is 0 Å². The quantitative estimate of drug-likeness (QED) is 0.779. The van der Waals surface area contributed by atoms with E-state index in [4.69, 9.17) is 5.73 Å². The Labute approximate surface area is 88.3 Å². The average molecular weight is 212 g/mol. The van der Waals surface area contributed by atoms with Crippen LogP contribution in [-0.2, 0) is 0 Å². The predicted octanol–water partition coefficient (Wildman–Crippen LogP) is 0.224. The standard InChI is InChI=1S/C9H16N4S/c10-1-3-12-4-6-13(7-5-12)9-11-2-8-14-9/h2,8H,1,3-7,10H2. The number of thiazole rings is 1. The molecule has 1 aromatic rings. The summed E-state index contributed by atoms with van der Waals surface area (Å²) in [5.74, 6) is 0. The molecule has 2 rings (SSSR count). The zero-order chi connectivity index (χ0) is 9.80. The summed E-state index contributed by atoms with van der Waals surface area (Å²) in [6.45, 7) is 6.15. The Morgan fingerprint density at radius 3 is 2.71 bits per heavy atom. The Balaban J connectivity index is 1.84. The highest BCUT2D eigenvalue weighted by molar-refractivity contribution is 7.13. The first-order valence-corrected chi connectivity index (χ1v) is 5.85. The number of aromatic nitrogens is 1. The summed E-state index contributed by atoms with van der Waals surface area (Å²) in [4.78, 5) is 9.06. The summed E-state index contributed by atoms with van der Waals surface area (Å²) in [6, 6.07) is 0. The molecule has 0 amide bonds. The molecule has 0 unspecified atom stereocenters. The second-order valence-electron chi connectivity index (χ2n) is 3.43. The summed E-state index contributed by atoms with van der Waals surface area (Å²) in [5.41, 5.74) is 5.52. The van der Waals surface area contributed by atoms with E-state index in [0.29, 0.717) is 0 Å². The third kappa shape index (κ3) is 2.23. The van der Waals surface area contributed by atoms with E-state index >= 15 is 0 Å². The van der Waals surface area contributed by atoms with E-state index in [2.05, 4.69) is 14.8 Å². The Bertz CT molecular complexity index is 254. The minimum Gasteiger partial charge on any atom is -0.346 e. The highest BCUT2D eigenvalue weighted by Crippen LogP contribution is 2.18. The van der Waals surface area contributed by atoms with Crippen LogP contribution in [0.1, 0.15) is 0 Å². The maximum Gasteiger partial charge on any atom is 0.185 e. The van der Waals surface area contributed by atoms with Gasteiger partial charge in [-0.15, -0.1) is 11.3 Å². The largest absolute Gasteiger partial charge is 0.346 e. The van der Waals surface area contributed by atoms with Gasteiger partial charge in [0.1, 0.15) is 0 Å². The molecule has 1 aliphatic rings. The molecule has 2 N–H and O–H groups in total. The van der Waals surface area contributed by atoms with Crippen LogP contribution in [0.2, 0.25) is 0 Å². The van der Waals surface area contributed by atoms with Gasteiger partial charge in [-0.25, -0.2) is 4.98 Å². The molecule has 1 aromatic heterocycles. The average Bonchev–Trinajstić information content (AvgIpc) is 2.72. The van der Waals surface area contributed by atoms with Gasteiger partial charge in [0.15, 0.2) is 5.13 Å². The fraction of sp³-hybridized carbons (Fsp3) is 0.667. The minimum absolute atomic E-state index is 0.761. The molecule has 0 aromatic carbocycles. The van der Waals surface area contributed by atoms with Crippen LogP contribution >= 0.6 is 11.3 Å². The molecule has 14 heavy (non-hydrogen) atoms. The molecule has 1 saturated heterocycles. The van der Waals surface area contributed by atoms with Gasteiger partial charge in [0.25, 0.3) is 0 Å². The highest BCUT2D eigenvalue weighted by Gasteiger charge is 2.17. The van der Waals surface area contributed by atoms with Gasteiger partial charge in [-0.05, 0) is 0 Å². The van der Waals surface area contributed by atoms with E-state index in [1.807, 2.05) is 11.6 Å². The Morgan fingerprint density at radius 1 is 1.36 bits per heavy atom. The molecular weight excluding hydrogens is 196 g/mol. The van der Waals surface area contributed by atoms with Crippen molar-refractivity contribution >= 4 is 16.5 Å². The number of anilines is 1. The second kappa shape index (κ2) is 4.72. The molecule has 1 fully saturated rings. The molecule has 78 valence electrons. The van der Waals surface area contributed by atoms with Gasteiger partial charge in [-0.3, -0.25) is 4.90 Å². The summed E-state index contributed by atoms with van der Waals surface area (Å²) in [5, 5.41) is 3.18. The van der Waals surface area contributed by atoms with E-state index in [1.165, 1.54) is 0 Å². The number of nitrogens with zero attached hydrogens (tertiary/aromatic N) is 3. The molecular formula is C9H16N4S. The third-order valence-corrected chi connectivity index (χ3v) is 3.34. The monoisotopic (exact) mass is 212 g/mol. The van der Waals surface area contributed by atoms with Crippen molar-refractivity contribution in [1.82, 2.24) is 9.88 Å². The first-order chi connectivity index (χ1) is 6.90. The lowest BCUT2D eigenvalue weighted by Crippen LogP contribution is -2.47. The lowest BCUT2D eigenvalue weighted by molar-refractivity contribution is 0.265. The van der Waals surface area contributed by atoms with E-state index in [0.717, 1.165) is 44.4 Å². The Hall–Kier alpha value is -0.650. The van der Waals surface area contributed by atoms with Gasteiger partial charge >= 0.3 is 0 Å². The molecule has 2 heterocycles. The van der Waals surface area contributed by atoms with Gasteiger partial charge in [0.2, 0.25) is 0 Å². The summed E-state index contributed by atoms with van der Waals surface area (Å²) >= 11 is 1.72. The lowest BCUT2D eigenvalue weighted by atomic mass is 10.3. The van der Waals surface area contributed by atoms with Gasteiger partial charge in [0.05, 0.1) is 0 Å². The Morgan fingerprint density at radius 2 is 2.14 bits per heavy atom. The van der Waals surface area contributed by atoms with Crippen molar-refractivity contribution in [3.05, 3.63) is 11.6 Å². The lowest BCUT2D eigenvalue weighted by Gasteiger charge is -2.34. The normalized spacial score (nSPS) is 18.8. The van der Waals surface area contributed by atoms with Crippen molar-refractivity contribution in [3.8, 4) is 0 Å². The summed E-state index contributed by atoms with van der Waals surface area (Å²) in [7, 11) is 0. The van der Waals surface area contributed by atoms with E-state index in [-0.39, 0.29) is 0 Å². The Kier molecular flexibility index (Phi) is 3.34. The molecule has 0 saturated carbocycles. The van der Waals surface area contributed by atoms with Crippen LogP contribution < -0.4 is 10.6 Å². The first kappa shape index (κ1) is 9.89. The van der Waals surface area contributed by atoms with Crippen molar-refractivity contribution in [2.24, 2.45) is 5.73 Å². The van der Waals surface area contributed by atoms with Crippen LogP contribution in [0.4, 0.5) is 5.13 Å². The van der Waals surface area contributed by atoms with Crippen molar-refractivity contribution in [3.63, 3.8) is 0 Å². The fourth-order valence-electron chi connectivity index (χ4n) is 1.72. The molecule has 5 heteroatoms. The smallest absolute Gasteiger partial charge is 0.185 e. The topological polar surface area (TPSA) is 45.4 Å².